The van der Waals surface area contributed by atoms with Crippen LogP contribution >= 0.6 is 0 Å². The van der Waals surface area contributed by atoms with Gasteiger partial charge in [0.1, 0.15) is 11.9 Å². The van der Waals surface area contributed by atoms with Crippen molar-refractivity contribution in [3.05, 3.63) is 124 Å². The third-order valence-corrected chi connectivity index (χ3v) is 7.75. The maximum Gasteiger partial charge on any atom is 0.199 e. The Morgan fingerprint density at radius 1 is 0.786 bits per heavy atom. The summed E-state index contributed by atoms with van der Waals surface area (Å²) in [6.45, 7) is 4.56. The van der Waals surface area contributed by atoms with E-state index >= 15 is 0 Å². The highest BCUT2D eigenvalue weighted by atomic mass is 16.5. The quantitative estimate of drug-likeness (QED) is 0.263. The average Bonchev–Trinajstić information content (AvgIpc) is 3.03. The zero-order valence-corrected chi connectivity index (χ0v) is 24.4. The first-order valence-electron chi connectivity index (χ1n) is 13.7. The maximum absolute atomic E-state index is 13.1. The molecule has 0 amide bonds. The summed E-state index contributed by atoms with van der Waals surface area (Å²) in [6, 6.07) is 26.5. The van der Waals surface area contributed by atoms with E-state index in [1.807, 2.05) is 79.7 Å². The SMILES string of the molecule is COc1ccc(C2(C)OCc3c(ccc(OC)c3OC)C2=O)cc1.Cc1ccc2c(c1)C(=O)C(c1ccccc1)OC2. The van der Waals surface area contributed by atoms with E-state index in [9.17, 15) is 9.59 Å². The van der Waals surface area contributed by atoms with Gasteiger partial charge in [-0.25, -0.2) is 0 Å². The number of hydrogen-bond acceptors (Lipinski definition) is 7. The molecule has 0 spiro atoms. The van der Waals surface area contributed by atoms with Crippen molar-refractivity contribution in [2.75, 3.05) is 21.3 Å². The Hall–Kier alpha value is -4.46. The lowest BCUT2D eigenvalue weighted by molar-refractivity contribution is -0.0361. The number of carbonyl (C=O) groups excluding carboxylic acids is 2. The van der Waals surface area contributed by atoms with Gasteiger partial charge in [0, 0.05) is 16.7 Å². The fourth-order valence-electron chi connectivity index (χ4n) is 5.32. The fraction of sp³-hybridized carbons (Fsp3) is 0.257. The van der Waals surface area contributed by atoms with Gasteiger partial charge in [-0.2, -0.15) is 0 Å². The highest BCUT2D eigenvalue weighted by Crippen LogP contribution is 2.43. The Balaban J connectivity index is 0.000000175. The van der Waals surface area contributed by atoms with Gasteiger partial charge >= 0.3 is 0 Å². The zero-order chi connectivity index (χ0) is 29.9. The summed E-state index contributed by atoms with van der Waals surface area (Å²) in [4.78, 5) is 25.6. The minimum atomic E-state index is -1.04. The molecule has 0 fully saturated rings. The molecular formula is C35H34O7. The molecule has 0 saturated carbocycles. The van der Waals surface area contributed by atoms with E-state index in [2.05, 4.69) is 0 Å². The van der Waals surface area contributed by atoms with Crippen molar-refractivity contribution in [2.24, 2.45) is 0 Å². The molecule has 42 heavy (non-hydrogen) atoms. The van der Waals surface area contributed by atoms with Crippen molar-refractivity contribution in [1.29, 1.82) is 0 Å². The Morgan fingerprint density at radius 2 is 1.52 bits per heavy atom. The predicted molar refractivity (Wildman–Crippen MR) is 158 cm³/mol. The van der Waals surface area contributed by atoms with Gasteiger partial charge in [-0.1, -0.05) is 60.2 Å². The van der Waals surface area contributed by atoms with Gasteiger partial charge in [0.15, 0.2) is 28.7 Å². The Kier molecular flexibility index (Phi) is 8.43. The van der Waals surface area contributed by atoms with E-state index in [0.717, 1.165) is 33.6 Å². The molecule has 2 heterocycles. The first-order chi connectivity index (χ1) is 20.3. The summed E-state index contributed by atoms with van der Waals surface area (Å²) < 4.78 is 27.6. The summed E-state index contributed by atoms with van der Waals surface area (Å²) >= 11 is 0. The van der Waals surface area contributed by atoms with E-state index in [-0.39, 0.29) is 18.2 Å². The van der Waals surface area contributed by atoms with E-state index in [0.29, 0.717) is 29.2 Å². The first kappa shape index (κ1) is 29.0. The van der Waals surface area contributed by atoms with Crippen molar-refractivity contribution >= 4 is 11.6 Å². The summed E-state index contributed by atoms with van der Waals surface area (Å²) in [5, 5.41) is 0. The second-order valence-electron chi connectivity index (χ2n) is 10.3. The van der Waals surface area contributed by atoms with Gasteiger partial charge < -0.3 is 23.7 Å². The summed E-state index contributed by atoms with van der Waals surface area (Å²) in [5.41, 5.74) is 4.87. The fourth-order valence-corrected chi connectivity index (χ4v) is 5.32. The van der Waals surface area contributed by atoms with Crippen LogP contribution in [0.1, 0.15) is 61.6 Å². The number of rotatable bonds is 5. The van der Waals surface area contributed by atoms with Crippen LogP contribution in [0.2, 0.25) is 0 Å². The third kappa shape index (κ3) is 5.41. The molecule has 2 unspecified atom stereocenters. The second kappa shape index (κ2) is 12.2. The standard InChI is InChI=1S/C19H20O5.C16H14O2/c1-19(12-5-7-13(21-2)8-6-12)18(20)14-9-10-16(22-3)17(23-4)15(14)11-24-19;1-11-7-8-13-10-18-16(15(17)14(13)9-11)12-5-3-2-4-6-12/h5-10H,11H2,1-4H3;2-9,16H,10H2,1H3. The van der Waals surface area contributed by atoms with E-state index in [1.165, 1.54) is 0 Å². The van der Waals surface area contributed by atoms with Crippen LogP contribution in [-0.4, -0.2) is 32.9 Å². The molecule has 4 aromatic carbocycles. The lowest BCUT2D eigenvalue weighted by Gasteiger charge is -2.34. The van der Waals surface area contributed by atoms with Crippen molar-refractivity contribution in [2.45, 2.75) is 38.8 Å². The molecule has 0 bridgehead atoms. The number of ether oxygens (including phenoxy) is 5. The molecule has 0 radical (unpaired) electrons. The van der Waals surface area contributed by atoms with Gasteiger partial charge in [0.2, 0.25) is 0 Å². The molecule has 0 aromatic heterocycles. The van der Waals surface area contributed by atoms with Crippen molar-refractivity contribution in [3.63, 3.8) is 0 Å². The van der Waals surface area contributed by atoms with Crippen molar-refractivity contribution in [3.8, 4) is 17.2 Å². The zero-order valence-electron chi connectivity index (χ0n) is 24.4. The van der Waals surface area contributed by atoms with E-state index in [4.69, 9.17) is 23.7 Å². The molecule has 6 rings (SSSR count). The summed E-state index contributed by atoms with van der Waals surface area (Å²) in [6.07, 6.45) is -0.458. The van der Waals surface area contributed by atoms with Crippen molar-refractivity contribution in [1.82, 2.24) is 0 Å². The van der Waals surface area contributed by atoms with Crippen LogP contribution in [0.5, 0.6) is 17.2 Å². The molecule has 7 heteroatoms. The van der Waals surface area contributed by atoms with Gasteiger partial charge in [-0.3, -0.25) is 9.59 Å². The van der Waals surface area contributed by atoms with E-state index < -0.39 is 11.7 Å². The Morgan fingerprint density at radius 3 is 2.19 bits per heavy atom. The van der Waals surface area contributed by atoms with Gasteiger partial charge in [-0.15, -0.1) is 0 Å². The number of methoxy groups -OCH3 is 3. The van der Waals surface area contributed by atoms with Crippen LogP contribution < -0.4 is 14.2 Å². The van der Waals surface area contributed by atoms with Crippen LogP contribution in [-0.2, 0) is 28.3 Å². The van der Waals surface area contributed by atoms with E-state index in [1.54, 1.807) is 40.4 Å². The summed E-state index contributed by atoms with van der Waals surface area (Å²) in [7, 11) is 4.73. The summed E-state index contributed by atoms with van der Waals surface area (Å²) in [5.74, 6) is 1.82. The number of hydrogen-bond donors (Lipinski definition) is 0. The second-order valence-corrected chi connectivity index (χ2v) is 10.3. The lowest BCUT2D eigenvalue weighted by Crippen LogP contribution is -2.39. The van der Waals surface area contributed by atoms with Crippen LogP contribution in [0.25, 0.3) is 0 Å². The smallest absolute Gasteiger partial charge is 0.199 e. The maximum atomic E-state index is 13.1. The molecule has 0 saturated heterocycles. The molecule has 216 valence electrons. The first-order valence-corrected chi connectivity index (χ1v) is 13.7. The average molecular weight is 567 g/mol. The monoisotopic (exact) mass is 566 g/mol. The number of ketones is 2. The van der Waals surface area contributed by atoms with Gasteiger partial charge in [0.05, 0.1) is 34.5 Å². The van der Waals surface area contributed by atoms with Gasteiger partial charge in [0.25, 0.3) is 0 Å². The number of fused-ring (bicyclic) bond motifs is 2. The van der Waals surface area contributed by atoms with Crippen LogP contribution in [0.4, 0.5) is 0 Å². The number of aryl methyl sites for hydroxylation is 1. The highest BCUT2D eigenvalue weighted by Gasteiger charge is 2.42. The van der Waals surface area contributed by atoms with Crippen LogP contribution in [0.15, 0.2) is 84.9 Å². The highest BCUT2D eigenvalue weighted by molar-refractivity contribution is 6.05. The van der Waals surface area contributed by atoms with Crippen molar-refractivity contribution < 1.29 is 33.3 Å². The minimum Gasteiger partial charge on any atom is -0.497 e. The number of benzene rings is 4. The number of Topliss-reactive ketones (excluding diaryl/α,β-unsaturated/α-hetero) is 2. The molecule has 2 aliphatic rings. The Bertz CT molecular complexity index is 1590. The topological polar surface area (TPSA) is 80.3 Å². The third-order valence-electron chi connectivity index (χ3n) is 7.75. The number of carbonyl (C=O) groups is 2. The minimum absolute atomic E-state index is 0.0613. The molecular weight excluding hydrogens is 532 g/mol. The molecule has 0 N–H and O–H groups in total. The van der Waals surface area contributed by atoms with Gasteiger partial charge in [-0.05, 0) is 60.9 Å². The lowest BCUT2D eigenvalue weighted by atomic mass is 9.83. The molecule has 2 aliphatic heterocycles. The van der Waals surface area contributed by atoms with Crippen LogP contribution in [0, 0.1) is 6.92 Å². The molecule has 0 aliphatic carbocycles. The predicted octanol–water partition coefficient (Wildman–Crippen LogP) is 6.79. The molecule has 2 atom stereocenters. The van der Waals surface area contributed by atoms with Crippen LogP contribution in [0.3, 0.4) is 0 Å². The Labute approximate surface area is 246 Å². The molecule has 4 aromatic rings. The molecule has 7 nitrogen and oxygen atoms in total. The normalized spacial score (nSPS) is 19.1. The largest absolute Gasteiger partial charge is 0.497 e.